The molecule has 0 unspecified atom stereocenters. The van der Waals surface area contributed by atoms with Gasteiger partial charge in [-0.1, -0.05) is 45.7 Å². The van der Waals surface area contributed by atoms with Gasteiger partial charge in [0.25, 0.3) is 5.91 Å². The van der Waals surface area contributed by atoms with Crippen molar-refractivity contribution in [3.8, 4) is 5.75 Å². The van der Waals surface area contributed by atoms with Gasteiger partial charge in [-0.15, -0.1) is 0 Å². The van der Waals surface area contributed by atoms with E-state index in [1.165, 1.54) is 4.68 Å². The minimum absolute atomic E-state index is 0.0544. The fourth-order valence-electron chi connectivity index (χ4n) is 2.75. The third-order valence-electron chi connectivity index (χ3n) is 4.09. The van der Waals surface area contributed by atoms with Crippen molar-refractivity contribution in [1.82, 2.24) is 14.8 Å². The Balaban J connectivity index is 1.55. The zero-order valence-corrected chi connectivity index (χ0v) is 16.8. The van der Waals surface area contributed by atoms with Crippen LogP contribution < -0.4 is 10.1 Å². The molecule has 0 aliphatic heterocycles. The number of rotatable bonds is 5. The molecule has 2 aromatic carbocycles. The fraction of sp³-hybridized carbons (Fsp3) is 0.0500. The van der Waals surface area contributed by atoms with Gasteiger partial charge in [-0.2, -0.15) is 5.10 Å². The lowest BCUT2D eigenvalue weighted by Gasteiger charge is -2.12. The van der Waals surface area contributed by atoms with Gasteiger partial charge in [-0.25, -0.2) is 4.68 Å². The predicted molar refractivity (Wildman–Crippen MR) is 112 cm³/mol. The third kappa shape index (κ3) is 3.72. The van der Waals surface area contributed by atoms with E-state index in [1.807, 2.05) is 30.3 Å². The van der Waals surface area contributed by atoms with E-state index in [-0.39, 0.29) is 12.6 Å². The largest absolute Gasteiger partial charge is 0.470 e. The third-order valence-corrected chi connectivity index (χ3v) is 5.10. The highest BCUT2D eigenvalue weighted by Crippen LogP contribution is 2.28. The number of amides is 1. The van der Waals surface area contributed by atoms with Crippen LogP contribution in [0.2, 0.25) is 5.02 Å². The number of nitrogens with one attached hydrogen (secondary N) is 1. The second-order valence-electron chi connectivity index (χ2n) is 5.87. The first-order valence-corrected chi connectivity index (χ1v) is 9.54. The number of para-hydroxylation sites is 1. The predicted octanol–water partition coefficient (Wildman–Crippen LogP) is 5.14. The summed E-state index contributed by atoms with van der Waals surface area (Å²) in [5.41, 5.74) is 1.67. The van der Waals surface area contributed by atoms with Gasteiger partial charge in [-0.05, 0) is 36.4 Å². The van der Waals surface area contributed by atoms with Gasteiger partial charge < -0.3 is 10.1 Å². The first-order valence-electron chi connectivity index (χ1n) is 8.37. The molecule has 28 heavy (non-hydrogen) atoms. The maximum atomic E-state index is 12.8. The molecular weight excluding hydrogens is 444 g/mol. The van der Waals surface area contributed by atoms with Crippen LogP contribution in [0, 0.1) is 0 Å². The van der Waals surface area contributed by atoms with Crippen LogP contribution in [-0.4, -0.2) is 20.7 Å². The topological polar surface area (TPSA) is 69.0 Å². The monoisotopic (exact) mass is 456 g/mol. The van der Waals surface area contributed by atoms with Crippen LogP contribution in [-0.2, 0) is 6.73 Å². The quantitative estimate of drug-likeness (QED) is 0.451. The summed E-state index contributed by atoms with van der Waals surface area (Å²) in [4.78, 5) is 17.2. The normalized spacial score (nSPS) is 10.8. The SMILES string of the molecule is O=C(Nc1ccc(Br)c2cccnc12)c1ccnn1COc1ccccc1Cl. The zero-order valence-electron chi connectivity index (χ0n) is 14.5. The van der Waals surface area contributed by atoms with E-state index in [0.717, 1.165) is 9.86 Å². The number of ether oxygens (including phenoxy) is 1. The Bertz CT molecular complexity index is 1160. The Labute approximate surface area is 174 Å². The highest BCUT2D eigenvalue weighted by molar-refractivity contribution is 9.10. The Kier molecular flexibility index (Phi) is 5.27. The maximum Gasteiger partial charge on any atom is 0.274 e. The number of halogens is 2. The van der Waals surface area contributed by atoms with Crippen molar-refractivity contribution < 1.29 is 9.53 Å². The molecule has 0 fully saturated rings. The molecule has 8 heteroatoms. The molecule has 0 atom stereocenters. The van der Waals surface area contributed by atoms with Gasteiger partial charge in [0.05, 0.1) is 16.2 Å². The number of aromatic nitrogens is 3. The lowest BCUT2D eigenvalue weighted by atomic mass is 10.2. The highest BCUT2D eigenvalue weighted by atomic mass is 79.9. The number of carbonyl (C=O) groups excluding carboxylic acids is 1. The summed E-state index contributed by atoms with van der Waals surface area (Å²) in [7, 11) is 0. The second-order valence-corrected chi connectivity index (χ2v) is 7.13. The van der Waals surface area contributed by atoms with E-state index in [2.05, 4.69) is 31.3 Å². The molecule has 1 amide bonds. The van der Waals surface area contributed by atoms with E-state index in [1.54, 1.807) is 36.7 Å². The van der Waals surface area contributed by atoms with Crippen molar-refractivity contribution in [2.45, 2.75) is 6.73 Å². The molecule has 0 radical (unpaired) electrons. The molecule has 0 saturated carbocycles. The number of carbonyl (C=O) groups is 1. The van der Waals surface area contributed by atoms with Crippen molar-refractivity contribution in [2.75, 3.05) is 5.32 Å². The van der Waals surface area contributed by atoms with Crippen LogP contribution in [0.25, 0.3) is 10.9 Å². The van der Waals surface area contributed by atoms with E-state index in [4.69, 9.17) is 16.3 Å². The first-order chi connectivity index (χ1) is 13.6. The van der Waals surface area contributed by atoms with Crippen LogP contribution in [0.3, 0.4) is 0 Å². The summed E-state index contributed by atoms with van der Waals surface area (Å²) >= 11 is 9.60. The van der Waals surface area contributed by atoms with Crippen LogP contribution in [0.1, 0.15) is 10.5 Å². The van der Waals surface area contributed by atoms with E-state index >= 15 is 0 Å². The summed E-state index contributed by atoms with van der Waals surface area (Å²) in [6.07, 6.45) is 3.23. The van der Waals surface area contributed by atoms with Gasteiger partial charge in [-0.3, -0.25) is 9.78 Å². The van der Waals surface area contributed by atoms with Gasteiger partial charge in [0.1, 0.15) is 11.4 Å². The van der Waals surface area contributed by atoms with E-state index in [9.17, 15) is 4.79 Å². The Hall–Kier alpha value is -2.90. The molecule has 4 aromatic rings. The summed E-state index contributed by atoms with van der Waals surface area (Å²) < 4.78 is 8.05. The fourth-order valence-corrected chi connectivity index (χ4v) is 3.39. The summed E-state index contributed by atoms with van der Waals surface area (Å²) in [5, 5.41) is 8.47. The Morgan fingerprint density at radius 1 is 1.11 bits per heavy atom. The summed E-state index contributed by atoms with van der Waals surface area (Å²) in [6, 6.07) is 16.2. The minimum Gasteiger partial charge on any atom is -0.470 e. The van der Waals surface area contributed by atoms with Crippen LogP contribution in [0.5, 0.6) is 5.75 Å². The molecule has 2 heterocycles. The van der Waals surface area contributed by atoms with Crippen LogP contribution >= 0.6 is 27.5 Å². The molecule has 140 valence electrons. The lowest BCUT2D eigenvalue weighted by Crippen LogP contribution is -2.20. The average Bonchev–Trinajstić information content (AvgIpc) is 3.18. The Morgan fingerprint density at radius 3 is 2.82 bits per heavy atom. The summed E-state index contributed by atoms with van der Waals surface area (Å²) in [5.74, 6) is 0.212. The molecule has 0 spiro atoms. The number of hydrogen-bond acceptors (Lipinski definition) is 4. The number of anilines is 1. The smallest absolute Gasteiger partial charge is 0.274 e. The minimum atomic E-state index is -0.311. The maximum absolute atomic E-state index is 12.8. The molecule has 0 aliphatic carbocycles. The van der Waals surface area contributed by atoms with Crippen molar-refractivity contribution in [3.05, 3.63) is 82.2 Å². The van der Waals surface area contributed by atoms with E-state index < -0.39 is 0 Å². The molecule has 2 aromatic heterocycles. The molecule has 0 saturated heterocycles. The summed E-state index contributed by atoms with van der Waals surface area (Å²) in [6.45, 7) is 0.0544. The van der Waals surface area contributed by atoms with Gasteiger partial charge in [0, 0.05) is 22.3 Å². The molecule has 0 aliphatic rings. The van der Waals surface area contributed by atoms with Crippen molar-refractivity contribution in [2.24, 2.45) is 0 Å². The number of fused-ring (bicyclic) bond motifs is 1. The zero-order chi connectivity index (χ0) is 19.5. The number of nitrogens with zero attached hydrogens (tertiary/aromatic N) is 3. The number of benzene rings is 2. The highest BCUT2D eigenvalue weighted by Gasteiger charge is 2.15. The molecule has 1 N–H and O–H groups in total. The van der Waals surface area contributed by atoms with Gasteiger partial charge in [0.2, 0.25) is 0 Å². The molecule has 6 nitrogen and oxygen atoms in total. The Morgan fingerprint density at radius 2 is 1.96 bits per heavy atom. The molecular formula is C20H14BrClN4O2. The van der Waals surface area contributed by atoms with Gasteiger partial charge >= 0.3 is 0 Å². The van der Waals surface area contributed by atoms with Crippen LogP contribution in [0.15, 0.2) is 71.5 Å². The van der Waals surface area contributed by atoms with Crippen molar-refractivity contribution in [1.29, 1.82) is 0 Å². The second kappa shape index (κ2) is 8.00. The van der Waals surface area contributed by atoms with Crippen molar-refractivity contribution >= 4 is 50.0 Å². The lowest BCUT2D eigenvalue weighted by molar-refractivity contribution is 0.100. The number of pyridine rings is 1. The molecule has 0 bridgehead atoms. The average molecular weight is 458 g/mol. The number of hydrogen-bond donors (Lipinski definition) is 1. The standard InChI is InChI=1S/C20H14BrClN4O2/c21-14-7-8-16(19-13(14)4-3-10-23-19)25-20(27)17-9-11-24-26(17)12-28-18-6-2-1-5-15(18)22/h1-11H,12H2,(H,25,27). The first kappa shape index (κ1) is 18.5. The van der Waals surface area contributed by atoms with Crippen LogP contribution in [0.4, 0.5) is 5.69 Å². The molecule has 4 rings (SSSR count). The van der Waals surface area contributed by atoms with E-state index in [0.29, 0.717) is 27.7 Å². The van der Waals surface area contributed by atoms with Crippen molar-refractivity contribution in [3.63, 3.8) is 0 Å². The van der Waals surface area contributed by atoms with Gasteiger partial charge in [0.15, 0.2) is 6.73 Å².